The Morgan fingerprint density at radius 2 is 1.22 bits per heavy atom. The third kappa shape index (κ3) is 0.466. The van der Waals surface area contributed by atoms with E-state index in [0.29, 0.717) is 35.5 Å². The number of rotatable bonds is 2. The molecule has 10 atom stereocenters. The average Bonchev–Trinajstić information content (AvgIpc) is 2.85. The van der Waals surface area contributed by atoms with Crippen LogP contribution >= 0.6 is 0 Å². The lowest BCUT2D eigenvalue weighted by Gasteiger charge is -2.44. The molecule has 7 saturated carbocycles. The van der Waals surface area contributed by atoms with E-state index < -0.39 is 17.4 Å². The van der Waals surface area contributed by atoms with Crippen molar-refractivity contribution in [2.24, 2.45) is 64.6 Å². The lowest BCUT2D eigenvalue weighted by molar-refractivity contribution is -0.169. The highest BCUT2D eigenvalue weighted by Gasteiger charge is 2.95. The summed E-state index contributed by atoms with van der Waals surface area (Å²) < 4.78 is 0. The second-order valence-corrected chi connectivity index (χ2v) is 7.56. The van der Waals surface area contributed by atoms with Gasteiger partial charge in [0.15, 0.2) is 5.41 Å². The van der Waals surface area contributed by atoms with Crippen molar-refractivity contribution in [3.8, 4) is 0 Å². The molecule has 0 aliphatic heterocycles. The molecule has 0 aromatic rings. The van der Waals surface area contributed by atoms with E-state index in [1.165, 1.54) is 6.42 Å². The second kappa shape index (κ2) is 2.02. The van der Waals surface area contributed by atoms with Gasteiger partial charge in [-0.1, -0.05) is 0 Å². The second-order valence-electron chi connectivity index (χ2n) is 7.56. The molecule has 0 amide bonds. The van der Waals surface area contributed by atoms with Crippen LogP contribution in [0.1, 0.15) is 6.42 Å². The Hall–Kier alpha value is -1.06. The summed E-state index contributed by atoms with van der Waals surface area (Å²) in [4.78, 5) is 23.6. The molecule has 7 aliphatic carbocycles. The molecule has 0 spiro atoms. The van der Waals surface area contributed by atoms with Gasteiger partial charge in [-0.05, 0) is 65.6 Å². The van der Waals surface area contributed by atoms with E-state index in [-0.39, 0.29) is 11.8 Å². The van der Waals surface area contributed by atoms with Crippen LogP contribution in [0.25, 0.3) is 0 Å². The van der Waals surface area contributed by atoms with Gasteiger partial charge >= 0.3 is 11.9 Å². The number of hydrogen-bond acceptors (Lipinski definition) is 2. The Bertz CT molecular complexity index is 502. The largest absolute Gasteiger partial charge is 0.480 e. The van der Waals surface area contributed by atoms with Crippen molar-refractivity contribution in [3.05, 3.63) is 0 Å². The third-order valence-electron chi connectivity index (χ3n) is 8.16. The van der Waals surface area contributed by atoms with Gasteiger partial charge in [0.25, 0.3) is 0 Å². The molecule has 4 bridgehead atoms. The van der Waals surface area contributed by atoms with Crippen molar-refractivity contribution in [3.63, 3.8) is 0 Å². The zero-order valence-corrected chi connectivity index (χ0v) is 9.69. The number of carboxylic acids is 2. The minimum atomic E-state index is -1.40. The summed E-state index contributed by atoms with van der Waals surface area (Å²) in [6, 6.07) is 0. The Kier molecular flexibility index (Phi) is 1.00. The van der Waals surface area contributed by atoms with Crippen molar-refractivity contribution < 1.29 is 19.8 Å². The number of hydrogen-bond donors (Lipinski definition) is 2. The predicted octanol–water partition coefficient (Wildman–Crippen LogP) is 0.776. The smallest absolute Gasteiger partial charge is 0.321 e. The van der Waals surface area contributed by atoms with Crippen molar-refractivity contribution in [2.45, 2.75) is 6.42 Å². The Morgan fingerprint density at radius 3 is 1.61 bits per heavy atom. The topological polar surface area (TPSA) is 74.6 Å². The van der Waals surface area contributed by atoms with Crippen LogP contribution in [0, 0.1) is 64.6 Å². The van der Waals surface area contributed by atoms with Crippen molar-refractivity contribution in [2.75, 3.05) is 0 Å². The number of aliphatic carboxylic acids is 2. The van der Waals surface area contributed by atoms with Crippen molar-refractivity contribution in [1.29, 1.82) is 0 Å². The monoisotopic (exact) mass is 246 g/mol. The van der Waals surface area contributed by atoms with Gasteiger partial charge in [-0.3, -0.25) is 9.59 Å². The predicted molar refractivity (Wildman–Crippen MR) is 57.2 cm³/mol. The van der Waals surface area contributed by atoms with E-state index in [9.17, 15) is 19.8 Å². The van der Waals surface area contributed by atoms with E-state index in [2.05, 4.69) is 0 Å². The SMILES string of the molecule is O=C(O)C1(C(=O)O)[C@H]2[C@@H]3[C@H]4[C@H]5C[C@@H]6[C@H]4[C@@H]3[C@H]1[C@H]6[C@@H]52. The fourth-order valence-corrected chi connectivity index (χ4v) is 8.63. The van der Waals surface area contributed by atoms with Gasteiger partial charge in [-0.25, -0.2) is 0 Å². The highest BCUT2D eigenvalue weighted by Crippen LogP contribution is 2.94. The zero-order chi connectivity index (χ0) is 12.1. The van der Waals surface area contributed by atoms with Gasteiger partial charge in [0.2, 0.25) is 0 Å². The first-order valence-electron chi connectivity index (χ1n) is 7.08. The van der Waals surface area contributed by atoms with Gasteiger partial charge in [-0.15, -0.1) is 0 Å². The normalized spacial score (nSPS) is 69.1. The number of carbonyl (C=O) groups is 2. The molecule has 0 radical (unpaired) electrons. The zero-order valence-electron chi connectivity index (χ0n) is 9.69. The highest BCUT2D eigenvalue weighted by molar-refractivity contribution is 6.01. The Balaban J connectivity index is 1.69. The molecular formula is C14H14O4. The molecule has 2 N–H and O–H groups in total. The van der Waals surface area contributed by atoms with Gasteiger partial charge in [0.05, 0.1) is 0 Å². The summed E-state index contributed by atoms with van der Waals surface area (Å²) in [5.74, 6) is 2.56. The van der Waals surface area contributed by atoms with E-state index in [1.807, 2.05) is 0 Å². The maximum atomic E-state index is 11.8. The lowest BCUT2D eigenvalue weighted by atomic mass is 9.60. The minimum Gasteiger partial charge on any atom is -0.480 e. The molecule has 0 saturated heterocycles. The van der Waals surface area contributed by atoms with E-state index >= 15 is 0 Å². The van der Waals surface area contributed by atoms with Crippen LogP contribution in [0.3, 0.4) is 0 Å². The first-order valence-corrected chi connectivity index (χ1v) is 7.08. The summed E-state index contributed by atoms with van der Waals surface area (Å²) in [5, 5.41) is 19.3. The van der Waals surface area contributed by atoms with Crippen LogP contribution in [0.2, 0.25) is 0 Å². The molecule has 0 aromatic heterocycles. The standard InChI is InChI=1S/C14H14O4/c15-12(16)14(13(17)18)10-6-2-1-3-5-4(2)8(10)9(5)11(14)7(3)6/h2-11H,1H2,(H,15,16)(H,17,18)/t2-,3-,4-,5+,6-,7-,8+,9-,10-,11-/m1/s1. The average molecular weight is 246 g/mol. The van der Waals surface area contributed by atoms with Crippen LogP contribution in [-0.4, -0.2) is 22.2 Å². The molecule has 0 unspecified atom stereocenters. The lowest BCUT2D eigenvalue weighted by Crippen LogP contribution is -2.45. The third-order valence-corrected chi connectivity index (χ3v) is 8.16. The molecule has 18 heavy (non-hydrogen) atoms. The fraction of sp³-hybridized carbons (Fsp3) is 0.857. The molecule has 0 heterocycles. The van der Waals surface area contributed by atoms with Crippen LogP contribution in [0.5, 0.6) is 0 Å². The van der Waals surface area contributed by atoms with Gasteiger partial charge in [0, 0.05) is 0 Å². The maximum absolute atomic E-state index is 11.8. The fourth-order valence-electron chi connectivity index (χ4n) is 8.63. The Morgan fingerprint density at radius 1 is 0.778 bits per heavy atom. The van der Waals surface area contributed by atoms with Crippen LogP contribution in [0.15, 0.2) is 0 Å². The van der Waals surface area contributed by atoms with Crippen molar-refractivity contribution in [1.82, 2.24) is 0 Å². The summed E-state index contributed by atoms with van der Waals surface area (Å²) in [6.45, 7) is 0. The summed E-state index contributed by atoms with van der Waals surface area (Å²) in [7, 11) is 0. The first-order chi connectivity index (χ1) is 8.61. The molecule has 4 heteroatoms. The summed E-state index contributed by atoms with van der Waals surface area (Å²) in [6.07, 6.45) is 1.29. The van der Waals surface area contributed by atoms with E-state index in [1.54, 1.807) is 0 Å². The first kappa shape index (κ1) is 8.94. The molecular weight excluding hydrogens is 232 g/mol. The van der Waals surface area contributed by atoms with Gasteiger partial charge in [-0.2, -0.15) is 0 Å². The summed E-state index contributed by atoms with van der Waals surface area (Å²) in [5.41, 5.74) is -1.40. The molecule has 94 valence electrons. The maximum Gasteiger partial charge on any atom is 0.321 e. The van der Waals surface area contributed by atoms with Crippen LogP contribution < -0.4 is 0 Å². The quantitative estimate of drug-likeness (QED) is 0.706. The van der Waals surface area contributed by atoms with Crippen molar-refractivity contribution >= 4 is 11.9 Å². The van der Waals surface area contributed by atoms with Gasteiger partial charge in [0.1, 0.15) is 0 Å². The van der Waals surface area contributed by atoms with E-state index in [0.717, 1.165) is 11.8 Å². The van der Waals surface area contributed by atoms with Gasteiger partial charge < -0.3 is 10.2 Å². The van der Waals surface area contributed by atoms with Crippen LogP contribution in [-0.2, 0) is 9.59 Å². The molecule has 4 nitrogen and oxygen atoms in total. The molecule has 7 aliphatic rings. The minimum absolute atomic E-state index is 0.0220. The Labute approximate surface area is 103 Å². The van der Waals surface area contributed by atoms with Crippen LogP contribution in [0.4, 0.5) is 0 Å². The molecule has 7 rings (SSSR count). The molecule has 7 fully saturated rings. The number of carboxylic acid groups (broad SMARTS) is 2. The highest BCUT2D eigenvalue weighted by atomic mass is 16.4. The summed E-state index contributed by atoms with van der Waals surface area (Å²) >= 11 is 0. The molecule has 0 aromatic carbocycles. The van der Waals surface area contributed by atoms with E-state index in [4.69, 9.17) is 0 Å².